The van der Waals surface area contributed by atoms with Crippen LogP contribution < -0.4 is 9.80 Å². The minimum atomic E-state index is 0.00172. The van der Waals surface area contributed by atoms with E-state index >= 15 is 0 Å². The van der Waals surface area contributed by atoms with Gasteiger partial charge < -0.3 is 9.80 Å². The molecule has 0 aliphatic rings. The summed E-state index contributed by atoms with van der Waals surface area (Å²) in [5, 5.41) is 4.93. The first-order valence-corrected chi connectivity index (χ1v) is 19.7. The van der Waals surface area contributed by atoms with Crippen LogP contribution in [0.4, 0.5) is 34.1 Å². The van der Waals surface area contributed by atoms with Crippen molar-refractivity contribution in [2.45, 2.75) is 92.9 Å². The van der Waals surface area contributed by atoms with E-state index in [0.29, 0.717) is 0 Å². The molecule has 0 saturated carbocycles. The maximum atomic E-state index is 2.50. The number of rotatable bonds is 10. The van der Waals surface area contributed by atoms with Gasteiger partial charge in [-0.3, -0.25) is 0 Å². The Balaban J connectivity index is 1.72. The van der Waals surface area contributed by atoms with Crippen molar-refractivity contribution in [3.05, 3.63) is 167 Å². The van der Waals surface area contributed by atoms with Gasteiger partial charge in [0.25, 0.3) is 0 Å². The molecule has 0 aliphatic carbocycles. The SMILES string of the molecule is CCC(C)(C)c1ccc2c(N(c3ccc(C)cc3)c3ccc(C)cc3)c3cc(C(C)(C)CC)ccc3c(N(c3ccc(C)cc3)c3ccc(C)cc3)c2c1. The van der Waals surface area contributed by atoms with E-state index in [2.05, 4.69) is 212 Å². The topological polar surface area (TPSA) is 6.48 Å². The van der Waals surface area contributed by atoms with Crippen LogP contribution in [-0.2, 0) is 10.8 Å². The van der Waals surface area contributed by atoms with Crippen molar-refractivity contribution >= 4 is 55.7 Å². The second-order valence-corrected chi connectivity index (χ2v) is 16.7. The lowest BCUT2D eigenvalue weighted by molar-refractivity contribution is 0.506. The Hall–Kier alpha value is -5.34. The van der Waals surface area contributed by atoms with Crippen molar-refractivity contribution in [2.75, 3.05) is 9.80 Å². The van der Waals surface area contributed by atoms with Crippen LogP contribution in [0, 0.1) is 27.7 Å². The molecule has 0 spiro atoms. The van der Waals surface area contributed by atoms with E-state index in [4.69, 9.17) is 0 Å². The van der Waals surface area contributed by atoms with Crippen LogP contribution >= 0.6 is 0 Å². The Kier molecular flexibility index (Phi) is 9.92. The van der Waals surface area contributed by atoms with Crippen molar-refractivity contribution in [1.82, 2.24) is 0 Å². The first-order chi connectivity index (χ1) is 25.8. The molecule has 54 heavy (non-hydrogen) atoms. The zero-order chi connectivity index (χ0) is 38.4. The molecular weight excluding hydrogens is 653 g/mol. The summed E-state index contributed by atoms with van der Waals surface area (Å²) in [4.78, 5) is 5.01. The summed E-state index contributed by atoms with van der Waals surface area (Å²) in [5.74, 6) is 0. The lowest BCUT2D eigenvalue weighted by Gasteiger charge is -2.34. The van der Waals surface area contributed by atoms with Crippen molar-refractivity contribution in [3.8, 4) is 0 Å². The van der Waals surface area contributed by atoms with Gasteiger partial charge in [-0.1, -0.05) is 137 Å². The molecule has 2 heteroatoms. The van der Waals surface area contributed by atoms with Crippen LogP contribution in [0.15, 0.2) is 133 Å². The third kappa shape index (κ3) is 6.91. The second-order valence-electron chi connectivity index (χ2n) is 16.7. The van der Waals surface area contributed by atoms with Gasteiger partial charge in [0.05, 0.1) is 11.4 Å². The molecule has 0 atom stereocenters. The predicted octanol–water partition coefficient (Wildman–Crippen LogP) is 15.5. The molecule has 0 saturated heterocycles. The van der Waals surface area contributed by atoms with Crippen LogP contribution in [0.5, 0.6) is 0 Å². The lowest BCUT2D eigenvalue weighted by atomic mass is 9.79. The fourth-order valence-corrected chi connectivity index (χ4v) is 7.51. The minimum absolute atomic E-state index is 0.00172. The second kappa shape index (κ2) is 14.5. The maximum absolute atomic E-state index is 2.50. The molecule has 274 valence electrons. The quantitative estimate of drug-likeness (QED) is 0.103. The molecule has 0 heterocycles. The predicted molar refractivity (Wildman–Crippen MR) is 236 cm³/mol. The number of fused-ring (bicyclic) bond motifs is 2. The van der Waals surface area contributed by atoms with E-state index in [1.807, 2.05) is 0 Å². The number of anilines is 6. The molecule has 0 bridgehead atoms. The van der Waals surface area contributed by atoms with E-state index in [1.165, 1.54) is 66.3 Å². The third-order valence-electron chi connectivity index (χ3n) is 12.0. The molecule has 0 N–H and O–H groups in total. The van der Waals surface area contributed by atoms with E-state index in [-0.39, 0.29) is 10.8 Å². The van der Waals surface area contributed by atoms with Gasteiger partial charge in [-0.25, -0.2) is 0 Å². The molecule has 0 aromatic heterocycles. The van der Waals surface area contributed by atoms with Crippen LogP contribution in [-0.4, -0.2) is 0 Å². The zero-order valence-corrected chi connectivity index (χ0v) is 34.0. The molecule has 0 aliphatic heterocycles. The smallest absolute Gasteiger partial charge is 0.0620 e. The highest BCUT2D eigenvalue weighted by Crippen LogP contribution is 2.52. The Morgan fingerprint density at radius 3 is 0.852 bits per heavy atom. The highest BCUT2D eigenvalue weighted by Gasteiger charge is 2.29. The third-order valence-corrected chi connectivity index (χ3v) is 12.0. The van der Waals surface area contributed by atoms with E-state index < -0.39 is 0 Å². The van der Waals surface area contributed by atoms with Gasteiger partial charge in [0, 0.05) is 44.3 Å². The summed E-state index contributed by atoms with van der Waals surface area (Å²) >= 11 is 0. The van der Waals surface area contributed by atoms with Crippen molar-refractivity contribution in [1.29, 1.82) is 0 Å². The molecular formula is C52H56N2. The lowest BCUT2D eigenvalue weighted by Crippen LogP contribution is -2.18. The molecule has 0 fully saturated rings. The number of aryl methyl sites for hydroxylation is 4. The molecule has 7 aromatic rings. The Bertz CT molecular complexity index is 2150. The van der Waals surface area contributed by atoms with E-state index in [0.717, 1.165) is 35.6 Å². The summed E-state index contributed by atoms with van der Waals surface area (Å²) in [6.45, 7) is 22.8. The summed E-state index contributed by atoms with van der Waals surface area (Å²) in [7, 11) is 0. The Morgan fingerprint density at radius 2 is 0.611 bits per heavy atom. The summed E-state index contributed by atoms with van der Waals surface area (Å²) in [6, 6.07) is 50.7. The van der Waals surface area contributed by atoms with Crippen molar-refractivity contribution < 1.29 is 0 Å². The summed E-state index contributed by atoms with van der Waals surface area (Å²) in [5.41, 5.74) is 14.7. The van der Waals surface area contributed by atoms with Crippen molar-refractivity contribution in [2.24, 2.45) is 0 Å². The normalized spacial score (nSPS) is 12.0. The van der Waals surface area contributed by atoms with E-state index in [1.54, 1.807) is 0 Å². The molecule has 7 rings (SSSR count). The number of hydrogen-bond acceptors (Lipinski definition) is 2. The number of nitrogens with zero attached hydrogens (tertiary/aromatic N) is 2. The highest BCUT2D eigenvalue weighted by atomic mass is 15.2. The molecule has 2 nitrogen and oxygen atoms in total. The molecule has 0 amide bonds. The van der Waals surface area contributed by atoms with Gasteiger partial charge in [0.2, 0.25) is 0 Å². The highest BCUT2D eigenvalue weighted by molar-refractivity contribution is 6.23. The molecule has 0 unspecified atom stereocenters. The summed E-state index contributed by atoms with van der Waals surface area (Å²) in [6.07, 6.45) is 2.09. The summed E-state index contributed by atoms with van der Waals surface area (Å²) < 4.78 is 0. The minimum Gasteiger partial charge on any atom is -0.309 e. The fraction of sp³-hybridized carbons (Fsp3) is 0.269. The van der Waals surface area contributed by atoms with Gasteiger partial charge in [-0.05, 0) is 123 Å². The van der Waals surface area contributed by atoms with Crippen molar-refractivity contribution in [3.63, 3.8) is 0 Å². The van der Waals surface area contributed by atoms with Gasteiger partial charge in [-0.15, -0.1) is 0 Å². The average Bonchev–Trinajstić information content (AvgIpc) is 3.17. The fourth-order valence-electron chi connectivity index (χ4n) is 7.51. The van der Waals surface area contributed by atoms with Gasteiger partial charge in [0.1, 0.15) is 0 Å². The van der Waals surface area contributed by atoms with E-state index in [9.17, 15) is 0 Å². The van der Waals surface area contributed by atoms with Gasteiger partial charge in [0.15, 0.2) is 0 Å². The first-order valence-electron chi connectivity index (χ1n) is 19.7. The Labute approximate surface area is 324 Å². The number of hydrogen-bond donors (Lipinski definition) is 0. The van der Waals surface area contributed by atoms with Crippen LogP contribution in [0.2, 0.25) is 0 Å². The van der Waals surface area contributed by atoms with Gasteiger partial charge >= 0.3 is 0 Å². The van der Waals surface area contributed by atoms with Crippen LogP contribution in [0.1, 0.15) is 87.8 Å². The van der Waals surface area contributed by atoms with Crippen LogP contribution in [0.3, 0.4) is 0 Å². The molecule has 7 aromatic carbocycles. The van der Waals surface area contributed by atoms with Crippen LogP contribution in [0.25, 0.3) is 21.5 Å². The Morgan fingerprint density at radius 1 is 0.352 bits per heavy atom. The maximum Gasteiger partial charge on any atom is 0.0620 e. The first kappa shape index (κ1) is 37.0. The largest absolute Gasteiger partial charge is 0.309 e. The van der Waals surface area contributed by atoms with Gasteiger partial charge in [-0.2, -0.15) is 0 Å². The average molecular weight is 709 g/mol. The monoisotopic (exact) mass is 708 g/mol. The zero-order valence-electron chi connectivity index (χ0n) is 34.0. The standard InChI is InChI=1S/C52H56N2/c1-11-51(7,8)39-21-31-45-47(33-39)49(53(41-23-13-35(3)14-24-41)42-25-15-36(4)16-26-42)46-32-22-40(52(9,10)12-2)34-48(46)50(45)54(43-27-17-37(5)18-28-43)44-29-19-38(6)20-30-44/h13-34H,11-12H2,1-10H3. The number of benzene rings is 7. The molecule has 0 radical (unpaired) electrons.